The van der Waals surface area contributed by atoms with E-state index in [2.05, 4.69) is 43.0 Å². The molecular weight excluding hydrogens is 308 g/mol. The molecule has 0 aliphatic heterocycles. The number of hydrogen-bond acceptors (Lipinski definition) is 1. The lowest BCUT2D eigenvalue weighted by Crippen LogP contribution is -1.95. The molecule has 2 aromatic carbocycles. The minimum atomic E-state index is 0.0798. The Labute approximate surface area is 140 Å². The van der Waals surface area contributed by atoms with Gasteiger partial charge in [-0.3, -0.25) is 0 Å². The lowest BCUT2D eigenvalue weighted by molar-refractivity contribution is 1.10. The van der Waals surface area contributed by atoms with Crippen LogP contribution in [0.2, 0.25) is 5.02 Å². The molecule has 1 unspecified atom stereocenters. The number of benzene rings is 2. The predicted octanol–water partition coefficient (Wildman–Crippen LogP) is 5.89. The Morgan fingerprint density at radius 1 is 0.909 bits per heavy atom. The number of hydrogen-bond donors (Lipinski definition) is 0. The third-order valence-corrected chi connectivity index (χ3v) is 4.70. The van der Waals surface area contributed by atoms with E-state index in [0.717, 1.165) is 10.6 Å². The molecule has 0 spiro atoms. The Bertz CT molecular complexity index is 804. The third-order valence-electron chi connectivity index (χ3n) is 3.38. The van der Waals surface area contributed by atoms with Crippen molar-refractivity contribution in [2.24, 2.45) is 0 Å². The molecule has 3 aromatic rings. The summed E-state index contributed by atoms with van der Waals surface area (Å²) in [4.78, 5) is 2.57. The Morgan fingerprint density at radius 2 is 1.64 bits per heavy atom. The fourth-order valence-corrected chi connectivity index (χ4v) is 3.34. The third kappa shape index (κ3) is 3.60. The summed E-state index contributed by atoms with van der Waals surface area (Å²) in [7, 11) is 0. The number of halogens is 1. The summed E-state index contributed by atoms with van der Waals surface area (Å²) in [5.74, 6) is 6.79. The molecule has 0 aliphatic carbocycles. The molecule has 1 heterocycles. The average molecular weight is 323 g/mol. The number of aryl methyl sites for hydroxylation is 1. The maximum Gasteiger partial charge on any atom is 0.0799 e. The molecule has 0 aliphatic rings. The molecule has 0 saturated heterocycles. The van der Waals surface area contributed by atoms with E-state index in [-0.39, 0.29) is 5.92 Å². The van der Waals surface area contributed by atoms with Gasteiger partial charge >= 0.3 is 0 Å². The first kappa shape index (κ1) is 14.9. The zero-order valence-corrected chi connectivity index (χ0v) is 13.8. The first-order valence-electron chi connectivity index (χ1n) is 7.11. The van der Waals surface area contributed by atoms with Crippen molar-refractivity contribution in [3.8, 4) is 11.8 Å². The van der Waals surface area contributed by atoms with Gasteiger partial charge in [-0.15, -0.1) is 11.3 Å². The molecule has 0 bridgehead atoms. The summed E-state index contributed by atoms with van der Waals surface area (Å²) in [5.41, 5.74) is 2.21. The van der Waals surface area contributed by atoms with Crippen molar-refractivity contribution in [2.75, 3.05) is 0 Å². The molecule has 0 nitrogen and oxygen atoms in total. The summed E-state index contributed by atoms with van der Waals surface area (Å²) in [6.07, 6.45) is 0. The molecule has 108 valence electrons. The molecule has 0 amide bonds. The smallest absolute Gasteiger partial charge is 0.0799 e. The van der Waals surface area contributed by atoms with Crippen LogP contribution in [0.25, 0.3) is 0 Å². The van der Waals surface area contributed by atoms with E-state index in [0.29, 0.717) is 0 Å². The van der Waals surface area contributed by atoms with E-state index in [1.807, 2.05) is 42.5 Å². The Kier molecular flexibility index (Phi) is 4.63. The van der Waals surface area contributed by atoms with Crippen LogP contribution >= 0.6 is 22.9 Å². The SMILES string of the molecule is Cc1ccc(C(C#Cc2ccccc2)c2ccc(Cl)cc2)s1. The normalized spacial score (nSPS) is 11.5. The lowest BCUT2D eigenvalue weighted by atomic mass is 9.97. The van der Waals surface area contributed by atoms with Gasteiger partial charge in [-0.05, 0) is 48.9 Å². The van der Waals surface area contributed by atoms with Crippen molar-refractivity contribution in [1.29, 1.82) is 0 Å². The molecule has 0 N–H and O–H groups in total. The van der Waals surface area contributed by atoms with Crippen molar-refractivity contribution < 1.29 is 0 Å². The Balaban J connectivity index is 2.00. The first-order chi connectivity index (χ1) is 10.7. The second kappa shape index (κ2) is 6.83. The van der Waals surface area contributed by atoms with Crippen LogP contribution < -0.4 is 0 Å². The van der Waals surface area contributed by atoms with E-state index in [4.69, 9.17) is 11.6 Å². The van der Waals surface area contributed by atoms with Crippen molar-refractivity contribution >= 4 is 22.9 Å². The second-order valence-electron chi connectivity index (χ2n) is 5.07. The van der Waals surface area contributed by atoms with Crippen LogP contribution in [0.1, 0.15) is 26.8 Å². The largest absolute Gasteiger partial charge is 0.144 e. The summed E-state index contributed by atoms with van der Waals surface area (Å²) in [6.45, 7) is 2.12. The standard InChI is InChI=1S/C20H15ClS/c1-15-7-14-20(22-15)19(17-9-11-18(21)12-10-17)13-8-16-5-3-2-4-6-16/h2-7,9-12,14,19H,1H3. The van der Waals surface area contributed by atoms with E-state index in [9.17, 15) is 0 Å². The van der Waals surface area contributed by atoms with Gasteiger partial charge in [-0.2, -0.15) is 0 Å². The summed E-state index contributed by atoms with van der Waals surface area (Å²) < 4.78 is 0. The average Bonchev–Trinajstić information content (AvgIpc) is 2.97. The van der Waals surface area contributed by atoms with Crippen molar-refractivity contribution in [1.82, 2.24) is 0 Å². The van der Waals surface area contributed by atoms with Crippen molar-refractivity contribution in [3.63, 3.8) is 0 Å². The van der Waals surface area contributed by atoms with Crippen molar-refractivity contribution in [3.05, 3.63) is 92.6 Å². The second-order valence-corrected chi connectivity index (χ2v) is 6.82. The van der Waals surface area contributed by atoms with Gasteiger partial charge in [0.15, 0.2) is 0 Å². The zero-order valence-electron chi connectivity index (χ0n) is 12.2. The number of rotatable bonds is 2. The summed E-state index contributed by atoms with van der Waals surface area (Å²) >= 11 is 7.80. The monoisotopic (exact) mass is 322 g/mol. The van der Waals surface area contributed by atoms with Crippen LogP contribution in [0, 0.1) is 18.8 Å². The molecule has 2 heteroatoms. The molecule has 1 atom stereocenters. The zero-order chi connectivity index (χ0) is 15.4. The molecule has 1 aromatic heterocycles. The van der Waals surface area contributed by atoms with E-state index >= 15 is 0 Å². The predicted molar refractivity (Wildman–Crippen MR) is 95.7 cm³/mol. The van der Waals surface area contributed by atoms with Crippen LogP contribution in [0.4, 0.5) is 0 Å². The first-order valence-corrected chi connectivity index (χ1v) is 8.30. The molecule has 22 heavy (non-hydrogen) atoms. The van der Waals surface area contributed by atoms with E-state index in [1.54, 1.807) is 11.3 Å². The van der Waals surface area contributed by atoms with Gasteiger partial charge in [-0.25, -0.2) is 0 Å². The van der Waals surface area contributed by atoms with E-state index < -0.39 is 0 Å². The van der Waals surface area contributed by atoms with Crippen molar-refractivity contribution in [2.45, 2.75) is 12.8 Å². The van der Waals surface area contributed by atoms with Crippen LogP contribution in [-0.4, -0.2) is 0 Å². The highest BCUT2D eigenvalue weighted by Crippen LogP contribution is 2.30. The van der Waals surface area contributed by atoms with Gasteiger partial charge in [-0.1, -0.05) is 53.8 Å². The highest BCUT2D eigenvalue weighted by atomic mass is 35.5. The summed E-state index contributed by atoms with van der Waals surface area (Å²) in [6, 6.07) is 22.4. The molecular formula is C20H15ClS. The Hall–Kier alpha value is -2.01. The molecule has 0 radical (unpaired) electrons. The minimum Gasteiger partial charge on any atom is -0.144 e. The number of thiophene rings is 1. The topological polar surface area (TPSA) is 0 Å². The fraction of sp³-hybridized carbons (Fsp3) is 0.100. The molecule has 3 rings (SSSR count). The van der Waals surface area contributed by atoms with Crippen LogP contribution in [0.15, 0.2) is 66.7 Å². The maximum atomic E-state index is 6.01. The minimum absolute atomic E-state index is 0.0798. The maximum absolute atomic E-state index is 6.01. The lowest BCUT2D eigenvalue weighted by Gasteiger charge is -2.09. The van der Waals surface area contributed by atoms with Gasteiger partial charge in [0, 0.05) is 20.3 Å². The highest BCUT2D eigenvalue weighted by Gasteiger charge is 2.13. The molecule has 0 fully saturated rings. The summed E-state index contributed by atoms with van der Waals surface area (Å²) in [5, 5.41) is 0.751. The van der Waals surface area contributed by atoms with Crippen LogP contribution in [-0.2, 0) is 0 Å². The van der Waals surface area contributed by atoms with Crippen LogP contribution in [0.5, 0.6) is 0 Å². The fourth-order valence-electron chi connectivity index (χ4n) is 2.26. The highest BCUT2D eigenvalue weighted by molar-refractivity contribution is 7.12. The van der Waals surface area contributed by atoms with E-state index in [1.165, 1.54) is 15.3 Å². The van der Waals surface area contributed by atoms with Gasteiger partial charge in [0.2, 0.25) is 0 Å². The van der Waals surface area contributed by atoms with Gasteiger partial charge in [0.25, 0.3) is 0 Å². The van der Waals surface area contributed by atoms with Crippen LogP contribution in [0.3, 0.4) is 0 Å². The quantitative estimate of drug-likeness (QED) is 0.516. The van der Waals surface area contributed by atoms with Gasteiger partial charge < -0.3 is 0 Å². The molecule has 0 saturated carbocycles. The Morgan fingerprint density at radius 3 is 2.27 bits per heavy atom. The van der Waals surface area contributed by atoms with Gasteiger partial charge in [0.1, 0.15) is 0 Å². The van der Waals surface area contributed by atoms with Gasteiger partial charge in [0.05, 0.1) is 5.92 Å².